The normalized spacial score (nSPS) is 12.0. The molecule has 0 saturated carbocycles. The van der Waals surface area contributed by atoms with E-state index in [1.807, 2.05) is 44.2 Å². The van der Waals surface area contributed by atoms with Crippen molar-refractivity contribution in [3.8, 4) is 11.5 Å². The lowest BCUT2D eigenvalue weighted by molar-refractivity contribution is 0.406. The second kappa shape index (κ2) is 6.06. The Morgan fingerprint density at radius 1 is 1.20 bits per heavy atom. The molecule has 2 rings (SSSR count). The van der Waals surface area contributed by atoms with Gasteiger partial charge < -0.3 is 15.2 Å². The number of nitrogens with one attached hydrogen (secondary N) is 1. The molecule has 1 unspecified atom stereocenters. The number of rotatable bonds is 4. The van der Waals surface area contributed by atoms with Gasteiger partial charge in [0.15, 0.2) is 0 Å². The minimum atomic E-state index is -0.0420. The summed E-state index contributed by atoms with van der Waals surface area (Å²) in [5.74, 6) is 0.847. The van der Waals surface area contributed by atoms with E-state index in [4.69, 9.17) is 16.3 Å². The average molecular weight is 292 g/mol. The van der Waals surface area contributed by atoms with Crippen LogP contribution in [0.2, 0.25) is 5.02 Å². The minimum absolute atomic E-state index is 0.0420. The molecular weight excluding hydrogens is 274 g/mol. The van der Waals surface area contributed by atoms with Crippen molar-refractivity contribution < 1.29 is 9.84 Å². The van der Waals surface area contributed by atoms with E-state index in [0.29, 0.717) is 5.75 Å². The summed E-state index contributed by atoms with van der Waals surface area (Å²) in [5, 5.41) is 14.1. The van der Waals surface area contributed by atoms with Crippen molar-refractivity contribution in [3.63, 3.8) is 0 Å². The molecule has 0 radical (unpaired) electrons. The minimum Gasteiger partial charge on any atom is -0.507 e. The lowest BCUT2D eigenvalue weighted by atomic mass is 10.1. The van der Waals surface area contributed by atoms with Gasteiger partial charge in [-0.1, -0.05) is 17.7 Å². The van der Waals surface area contributed by atoms with Gasteiger partial charge in [0, 0.05) is 22.3 Å². The molecule has 0 aliphatic rings. The van der Waals surface area contributed by atoms with Gasteiger partial charge in [0.05, 0.1) is 13.2 Å². The zero-order chi connectivity index (χ0) is 14.7. The molecule has 3 nitrogen and oxygen atoms in total. The number of anilines is 1. The largest absolute Gasteiger partial charge is 0.507 e. The summed E-state index contributed by atoms with van der Waals surface area (Å²) >= 11 is 6.11. The molecule has 4 heteroatoms. The summed E-state index contributed by atoms with van der Waals surface area (Å²) in [4.78, 5) is 0. The van der Waals surface area contributed by atoms with Crippen LogP contribution in [0.25, 0.3) is 0 Å². The fourth-order valence-electron chi connectivity index (χ4n) is 2.03. The van der Waals surface area contributed by atoms with E-state index in [0.717, 1.165) is 21.8 Å². The van der Waals surface area contributed by atoms with Gasteiger partial charge in [-0.25, -0.2) is 0 Å². The number of aryl methyl sites for hydroxylation is 1. The highest BCUT2D eigenvalue weighted by Gasteiger charge is 2.11. The Kier molecular flexibility index (Phi) is 4.40. The SMILES string of the molecule is COc1ccc(C(C)Nc2ccc(C)c(Cl)c2)c(O)c1. The molecule has 0 aliphatic carbocycles. The number of phenols is 1. The highest BCUT2D eigenvalue weighted by atomic mass is 35.5. The Hall–Kier alpha value is -1.87. The summed E-state index contributed by atoms with van der Waals surface area (Å²) < 4.78 is 5.08. The molecule has 0 aliphatic heterocycles. The van der Waals surface area contributed by atoms with E-state index in [-0.39, 0.29) is 11.8 Å². The number of hydrogen-bond donors (Lipinski definition) is 2. The zero-order valence-electron chi connectivity index (χ0n) is 11.8. The van der Waals surface area contributed by atoms with Crippen LogP contribution in [0.4, 0.5) is 5.69 Å². The highest BCUT2D eigenvalue weighted by molar-refractivity contribution is 6.31. The smallest absolute Gasteiger partial charge is 0.124 e. The number of aromatic hydroxyl groups is 1. The summed E-state index contributed by atoms with van der Waals surface area (Å²) in [7, 11) is 1.57. The van der Waals surface area contributed by atoms with Crippen LogP contribution in [0.5, 0.6) is 11.5 Å². The number of phenolic OH excluding ortho intramolecular Hbond substituents is 1. The molecule has 0 aromatic heterocycles. The van der Waals surface area contributed by atoms with Crippen molar-refractivity contribution >= 4 is 17.3 Å². The van der Waals surface area contributed by atoms with Gasteiger partial charge in [0.25, 0.3) is 0 Å². The van der Waals surface area contributed by atoms with E-state index in [1.165, 1.54) is 0 Å². The third-order valence-corrected chi connectivity index (χ3v) is 3.67. The highest BCUT2D eigenvalue weighted by Crippen LogP contribution is 2.31. The molecule has 1 atom stereocenters. The third kappa shape index (κ3) is 3.17. The molecule has 0 amide bonds. The molecule has 2 aromatic carbocycles. The van der Waals surface area contributed by atoms with Crippen LogP contribution in [0, 0.1) is 6.92 Å². The van der Waals surface area contributed by atoms with Crippen molar-refractivity contribution in [2.24, 2.45) is 0 Å². The van der Waals surface area contributed by atoms with Crippen molar-refractivity contribution in [2.75, 3.05) is 12.4 Å². The van der Waals surface area contributed by atoms with Gasteiger partial charge in [-0.2, -0.15) is 0 Å². The molecular formula is C16H18ClNO2. The first kappa shape index (κ1) is 14.5. The summed E-state index contributed by atoms with van der Waals surface area (Å²) in [6.07, 6.45) is 0. The van der Waals surface area contributed by atoms with E-state index >= 15 is 0 Å². The molecule has 0 spiro atoms. The van der Waals surface area contributed by atoms with Crippen LogP contribution >= 0.6 is 11.6 Å². The van der Waals surface area contributed by atoms with Crippen LogP contribution in [-0.2, 0) is 0 Å². The van der Waals surface area contributed by atoms with Crippen LogP contribution in [0.15, 0.2) is 36.4 Å². The fraction of sp³-hybridized carbons (Fsp3) is 0.250. The van der Waals surface area contributed by atoms with Gasteiger partial charge in [-0.15, -0.1) is 0 Å². The van der Waals surface area contributed by atoms with Gasteiger partial charge in [-0.05, 0) is 43.7 Å². The Labute approximate surface area is 124 Å². The molecule has 20 heavy (non-hydrogen) atoms. The van der Waals surface area contributed by atoms with Crippen molar-refractivity contribution in [3.05, 3.63) is 52.5 Å². The molecule has 0 bridgehead atoms. The Morgan fingerprint density at radius 2 is 1.95 bits per heavy atom. The average Bonchev–Trinajstić information content (AvgIpc) is 2.42. The number of benzene rings is 2. The lowest BCUT2D eigenvalue weighted by Gasteiger charge is -2.18. The number of halogens is 1. The van der Waals surface area contributed by atoms with Crippen LogP contribution in [0.1, 0.15) is 24.1 Å². The molecule has 0 heterocycles. The zero-order valence-corrected chi connectivity index (χ0v) is 12.5. The summed E-state index contributed by atoms with van der Waals surface area (Å²) in [6.45, 7) is 3.94. The molecule has 0 saturated heterocycles. The first-order valence-electron chi connectivity index (χ1n) is 6.41. The van der Waals surface area contributed by atoms with E-state index in [1.54, 1.807) is 13.2 Å². The van der Waals surface area contributed by atoms with Gasteiger partial charge in [0.1, 0.15) is 11.5 Å². The quantitative estimate of drug-likeness (QED) is 0.869. The molecule has 2 N–H and O–H groups in total. The Balaban J connectivity index is 2.19. The van der Waals surface area contributed by atoms with E-state index in [2.05, 4.69) is 5.32 Å². The third-order valence-electron chi connectivity index (χ3n) is 3.26. The first-order chi connectivity index (χ1) is 9.51. The topological polar surface area (TPSA) is 41.5 Å². The van der Waals surface area contributed by atoms with Gasteiger partial charge in [0.2, 0.25) is 0 Å². The standard InChI is InChI=1S/C16H18ClNO2/c1-10-4-5-12(8-15(10)17)18-11(2)14-7-6-13(20-3)9-16(14)19/h4-9,11,18-19H,1-3H3. The van der Waals surface area contributed by atoms with Crippen LogP contribution in [0.3, 0.4) is 0 Å². The maximum absolute atomic E-state index is 10.0. The van der Waals surface area contributed by atoms with E-state index < -0.39 is 0 Å². The summed E-state index contributed by atoms with van der Waals surface area (Å²) in [6, 6.07) is 11.1. The fourth-order valence-corrected chi connectivity index (χ4v) is 2.21. The predicted molar refractivity (Wildman–Crippen MR) is 82.9 cm³/mol. The monoisotopic (exact) mass is 291 g/mol. The summed E-state index contributed by atoms with van der Waals surface area (Å²) in [5.41, 5.74) is 2.77. The van der Waals surface area contributed by atoms with Crippen LogP contribution in [-0.4, -0.2) is 12.2 Å². The second-order valence-corrected chi connectivity index (χ2v) is 5.16. The van der Waals surface area contributed by atoms with Gasteiger partial charge >= 0.3 is 0 Å². The number of methoxy groups -OCH3 is 1. The second-order valence-electron chi connectivity index (χ2n) is 4.75. The number of hydrogen-bond acceptors (Lipinski definition) is 3. The predicted octanol–water partition coefficient (Wildman–Crippen LogP) is 4.54. The maximum atomic E-state index is 10.0. The number of ether oxygens (including phenoxy) is 1. The van der Waals surface area contributed by atoms with Crippen molar-refractivity contribution in [1.29, 1.82) is 0 Å². The first-order valence-corrected chi connectivity index (χ1v) is 6.78. The van der Waals surface area contributed by atoms with Crippen LogP contribution < -0.4 is 10.1 Å². The molecule has 2 aromatic rings. The van der Waals surface area contributed by atoms with Crippen molar-refractivity contribution in [2.45, 2.75) is 19.9 Å². The molecule has 0 fully saturated rings. The van der Waals surface area contributed by atoms with E-state index in [9.17, 15) is 5.11 Å². The maximum Gasteiger partial charge on any atom is 0.124 e. The Bertz CT molecular complexity index is 613. The van der Waals surface area contributed by atoms with Gasteiger partial charge in [-0.3, -0.25) is 0 Å². The Morgan fingerprint density at radius 3 is 2.55 bits per heavy atom. The van der Waals surface area contributed by atoms with Crippen molar-refractivity contribution in [1.82, 2.24) is 0 Å². The molecule has 106 valence electrons. The lowest BCUT2D eigenvalue weighted by Crippen LogP contribution is -2.07.